The van der Waals surface area contributed by atoms with E-state index in [4.69, 9.17) is 10.4 Å². The number of carbonyl (C=O) groups excluding carboxylic acids is 1. The van der Waals surface area contributed by atoms with Crippen molar-refractivity contribution in [2.24, 2.45) is 5.10 Å². The zero-order valence-electron chi connectivity index (χ0n) is 20.0. The highest BCUT2D eigenvalue weighted by Crippen LogP contribution is 2.27. The van der Waals surface area contributed by atoms with E-state index in [0.717, 1.165) is 53.0 Å². The lowest BCUT2D eigenvalue weighted by molar-refractivity contribution is 0.0947. The number of likely N-dealkylation sites (tertiary alicyclic amines) is 1. The van der Waals surface area contributed by atoms with Gasteiger partial charge >= 0.3 is 0 Å². The molecule has 186 valence electrons. The summed E-state index contributed by atoms with van der Waals surface area (Å²) in [6.45, 7) is 2.30. The van der Waals surface area contributed by atoms with E-state index < -0.39 is 5.91 Å². The van der Waals surface area contributed by atoms with Crippen LogP contribution in [-0.2, 0) is 6.54 Å². The van der Waals surface area contributed by atoms with Crippen molar-refractivity contribution in [3.63, 3.8) is 0 Å². The second kappa shape index (κ2) is 9.78. The second-order valence-corrected chi connectivity index (χ2v) is 9.04. The maximum atomic E-state index is 13.2. The van der Waals surface area contributed by atoms with Gasteiger partial charge in [-0.1, -0.05) is 60.2 Å². The number of nitrogens with one attached hydrogen (secondary N) is 1. The minimum Gasteiger partial charge on any atom is -0.378 e. The standard InChI is InChI=1S/C26H25N9O2/c27-24-25(32-37-31-24)35-22(16-34-12-6-1-7-13-34)23(29-33-35)26(36)30-28-15-21-19-10-4-2-8-17(19)14-18-9-3-5-11-20(18)21/h2-5,8-11,14-15H,1,6-7,12-13,16H2,(H2,27,31)(H,30,36)/b28-15+. The zero-order valence-corrected chi connectivity index (χ0v) is 20.0. The van der Waals surface area contributed by atoms with Gasteiger partial charge in [-0.15, -0.1) is 5.10 Å². The van der Waals surface area contributed by atoms with Crippen LogP contribution in [0, 0.1) is 0 Å². The summed E-state index contributed by atoms with van der Waals surface area (Å²) in [5.74, 6) is -0.212. The van der Waals surface area contributed by atoms with Crippen molar-refractivity contribution in [1.29, 1.82) is 0 Å². The molecule has 3 heterocycles. The maximum absolute atomic E-state index is 13.2. The number of nitrogens with two attached hydrogens (primary N) is 1. The van der Waals surface area contributed by atoms with Gasteiger partial charge in [0.1, 0.15) is 0 Å². The van der Waals surface area contributed by atoms with Crippen LogP contribution in [0.25, 0.3) is 27.4 Å². The number of carbonyl (C=O) groups is 1. The van der Waals surface area contributed by atoms with Crippen LogP contribution in [0.5, 0.6) is 0 Å². The molecule has 37 heavy (non-hydrogen) atoms. The number of nitrogen functional groups attached to an aromatic ring is 1. The minimum absolute atomic E-state index is 0.0672. The Hall–Kier alpha value is -4.64. The van der Waals surface area contributed by atoms with E-state index in [1.807, 2.05) is 36.4 Å². The van der Waals surface area contributed by atoms with Crippen molar-refractivity contribution >= 4 is 39.5 Å². The molecular formula is C26H25N9O2. The van der Waals surface area contributed by atoms with E-state index in [2.05, 4.69) is 54.3 Å². The Morgan fingerprint density at radius 2 is 1.73 bits per heavy atom. The molecule has 3 N–H and O–H groups in total. The molecule has 1 saturated heterocycles. The van der Waals surface area contributed by atoms with Crippen LogP contribution in [0.4, 0.5) is 5.82 Å². The Kier molecular flexibility index (Phi) is 6.03. The molecule has 0 saturated carbocycles. The summed E-state index contributed by atoms with van der Waals surface area (Å²) < 4.78 is 6.16. The molecule has 3 aromatic carbocycles. The number of amides is 1. The molecule has 0 radical (unpaired) electrons. The predicted molar refractivity (Wildman–Crippen MR) is 139 cm³/mol. The average molecular weight is 496 g/mol. The van der Waals surface area contributed by atoms with Crippen LogP contribution in [0.1, 0.15) is 41.0 Å². The van der Waals surface area contributed by atoms with Crippen LogP contribution < -0.4 is 11.2 Å². The molecule has 0 aliphatic carbocycles. The Labute approximate surface area is 211 Å². The number of rotatable bonds is 6. The number of hydrazone groups is 1. The molecule has 0 spiro atoms. The summed E-state index contributed by atoms with van der Waals surface area (Å²) in [6, 6.07) is 18.4. The summed E-state index contributed by atoms with van der Waals surface area (Å²) in [4.78, 5) is 15.5. The van der Waals surface area contributed by atoms with E-state index in [1.165, 1.54) is 11.1 Å². The Balaban J connectivity index is 1.32. The van der Waals surface area contributed by atoms with Crippen LogP contribution in [0.2, 0.25) is 0 Å². The molecule has 0 atom stereocenters. The Morgan fingerprint density at radius 3 is 2.41 bits per heavy atom. The van der Waals surface area contributed by atoms with Gasteiger partial charge in [-0.05, 0) is 63.9 Å². The number of nitrogens with zero attached hydrogens (tertiary/aromatic N) is 7. The SMILES string of the molecule is Nc1nonc1-n1nnc(C(=O)N/N=C/c2c3ccccc3cc3ccccc23)c1CN1CCCCC1. The van der Waals surface area contributed by atoms with Gasteiger partial charge in [0.25, 0.3) is 5.91 Å². The molecule has 1 aliphatic rings. The van der Waals surface area contributed by atoms with Crippen molar-refractivity contribution in [3.05, 3.63) is 71.5 Å². The van der Waals surface area contributed by atoms with Crippen molar-refractivity contribution in [2.45, 2.75) is 25.8 Å². The molecule has 1 amide bonds. The van der Waals surface area contributed by atoms with E-state index in [0.29, 0.717) is 12.2 Å². The van der Waals surface area contributed by atoms with Crippen LogP contribution in [0.3, 0.4) is 0 Å². The summed E-state index contributed by atoms with van der Waals surface area (Å²) in [7, 11) is 0. The lowest BCUT2D eigenvalue weighted by Gasteiger charge is -2.26. The molecule has 5 aromatic rings. The molecule has 2 aromatic heterocycles. The molecule has 6 rings (SSSR count). The summed E-state index contributed by atoms with van der Waals surface area (Å²) in [5.41, 5.74) is 10.2. The summed E-state index contributed by atoms with van der Waals surface area (Å²) in [6.07, 6.45) is 5.07. The van der Waals surface area contributed by atoms with Crippen molar-refractivity contribution in [2.75, 3.05) is 18.8 Å². The fourth-order valence-electron chi connectivity index (χ4n) is 4.85. The lowest BCUT2D eigenvalue weighted by Crippen LogP contribution is -2.31. The van der Waals surface area contributed by atoms with Gasteiger partial charge < -0.3 is 5.73 Å². The molecular weight excluding hydrogens is 470 g/mol. The first-order valence-electron chi connectivity index (χ1n) is 12.2. The monoisotopic (exact) mass is 495 g/mol. The third kappa shape index (κ3) is 4.40. The highest BCUT2D eigenvalue weighted by molar-refractivity contribution is 6.13. The largest absolute Gasteiger partial charge is 0.378 e. The number of benzene rings is 3. The highest BCUT2D eigenvalue weighted by atomic mass is 16.6. The van der Waals surface area contributed by atoms with Crippen molar-refractivity contribution in [3.8, 4) is 5.82 Å². The molecule has 1 aliphatic heterocycles. The van der Waals surface area contributed by atoms with Gasteiger partial charge in [0.2, 0.25) is 11.6 Å². The number of aromatic nitrogens is 5. The van der Waals surface area contributed by atoms with E-state index in [-0.39, 0.29) is 17.3 Å². The van der Waals surface area contributed by atoms with Crippen molar-refractivity contribution in [1.82, 2.24) is 35.6 Å². The summed E-state index contributed by atoms with van der Waals surface area (Å²) in [5, 5.41) is 24.3. The number of hydrogen-bond acceptors (Lipinski definition) is 9. The summed E-state index contributed by atoms with van der Waals surface area (Å²) >= 11 is 0. The second-order valence-electron chi connectivity index (χ2n) is 9.04. The normalized spacial score (nSPS) is 14.6. The van der Waals surface area contributed by atoms with E-state index in [1.54, 1.807) is 6.21 Å². The maximum Gasteiger partial charge on any atom is 0.293 e. The fourth-order valence-corrected chi connectivity index (χ4v) is 4.85. The van der Waals surface area contributed by atoms with Crippen LogP contribution >= 0.6 is 0 Å². The van der Waals surface area contributed by atoms with Crippen LogP contribution in [-0.4, -0.2) is 55.4 Å². The van der Waals surface area contributed by atoms with Gasteiger partial charge in [-0.2, -0.15) is 9.78 Å². The minimum atomic E-state index is -0.478. The van der Waals surface area contributed by atoms with Gasteiger partial charge in [0, 0.05) is 12.1 Å². The topological polar surface area (TPSA) is 140 Å². The first-order valence-corrected chi connectivity index (χ1v) is 12.2. The number of anilines is 1. The average Bonchev–Trinajstić information content (AvgIpc) is 3.54. The third-order valence-corrected chi connectivity index (χ3v) is 6.67. The Bertz CT molecular complexity index is 1560. The molecule has 1 fully saturated rings. The predicted octanol–water partition coefficient (Wildman–Crippen LogP) is 3.29. The molecule has 0 bridgehead atoms. The fraction of sp³-hybridized carbons (Fsp3) is 0.231. The zero-order chi connectivity index (χ0) is 25.2. The van der Waals surface area contributed by atoms with Gasteiger partial charge in [0.05, 0.1) is 11.9 Å². The quantitative estimate of drug-likeness (QED) is 0.208. The van der Waals surface area contributed by atoms with Crippen LogP contribution in [0.15, 0.2) is 64.3 Å². The smallest absolute Gasteiger partial charge is 0.293 e. The Morgan fingerprint density at radius 1 is 1.03 bits per heavy atom. The van der Waals surface area contributed by atoms with Gasteiger partial charge in [-0.25, -0.2) is 10.1 Å². The molecule has 0 unspecified atom stereocenters. The number of piperidine rings is 1. The van der Waals surface area contributed by atoms with Crippen molar-refractivity contribution < 1.29 is 9.42 Å². The van der Waals surface area contributed by atoms with Gasteiger partial charge in [0.15, 0.2) is 5.69 Å². The lowest BCUT2D eigenvalue weighted by atomic mass is 9.97. The first-order chi connectivity index (χ1) is 18.2. The number of hydrogen-bond donors (Lipinski definition) is 2. The molecule has 11 nitrogen and oxygen atoms in total. The molecule has 11 heteroatoms. The third-order valence-electron chi connectivity index (χ3n) is 6.67. The van der Waals surface area contributed by atoms with E-state index in [9.17, 15) is 4.79 Å². The number of fused-ring (bicyclic) bond motifs is 2. The van der Waals surface area contributed by atoms with E-state index >= 15 is 0 Å². The first kappa shape index (κ1) is 22.8. The highest BCUT2D eigenvalue weighted by Gasteiger charge is 2.26. The van der Waals surface area contributed by atoms with Gasteiger partial charge in [-0.3, -0.25) is 9.69 Å².